The molecule has 19 heavy (non-hydrogen) atoms. The Balaban J connectivity index is 2.42. The summed E-state index contributed by atoms with van der Waals surface area (Å²) < 4.78 is 6.91. The van der Waals surface area contributed by atoms with Gasteiger partial charge in [0.15, 0.2) is 12.0 Å². The molecule has 2 aromatic heterocycles. The SMILES string of the molecule is CCOC(=O)C(NC(=N)N)c1ccn2ccccc12. The van der Waals surface area contributed by atoms with Gasteiger partial charge in [-0.2, -0.15) is 0 Å². The van der Waals surface area contributed by atoms with E-state index in [1.165, 1.54) is 0 Å². The lowest BCUT2D eigenvalue weighted by Crippen LogP contribution is -2.38. The summed E-state index contributed by atoms with van der Waals surface area (Å²) in [6, 6.07) is 6.71. The summed E-state index contributed by atoms with van der Waals surface area (Å²) in [6.07, 6.45) is 3.73. The lowest BCUT2D eigenvalue weighted by Gasteiger charge is -2.16. The number of guanidine groups is 1. The maximum atomic E-state index is 12.0. The van der Waals surface area contributed by atoms with Gasteiger partial charge in [0.25, 0.3) is 0 Å². The third kappa shape index (κ3) is 2.67. The van der Waals surface area contributed by atoms with E-state index in [-0.39, 0.29) is 12.6 Å². The first-order chi connectivity index (χ1) is 9.13. The van der Waals surface area contributed by atoms with E-state index in [1.54, 1.807) is 6.92 Å². The van der Waals surface area contributed by atoms with Gasteiger partial charge in [0.1, 0.15) is 0 Å². The van der Waals surface area contributed by atoms with Gasteiger partial charge in [0.05, 0.1) is 12.1 Å². The summed E-state index contributed by atoms with van der Waals surface area (Å²) in [6.45, 7) is 2.02. The second-order valence-corrected chi connectivity index (χ2v) is 4.01. The number of ether oxygens (including phenoxy) is 1. The minimum atomic E-state index is -0.773. The summed E-state index contributed by atoms with van der Waals surface area (Å²) in [5, 5.41) is 9.95. The molecular weight excluding hydrogens is 244 g/mol. The number of hydrogen-bond acceptors (Lipinski definition) is 3. The van der Waals surface area contributed by atoms with Crippen molar-refractivity contribution in [1.82, 2.24) is 9.72 Å². The van der Waals surface area contributed by atoms with E-state index >= 15 is 0 Å². The topological polar surface area (TPSA) is 92.6 Å². The Morgan fingerprint density at radius 3 is 2.95 bits per heavy atom. The molecular formula is C13H16N4O2. The second kappa shape index (κ2) is 5.43. The summed E-state index contributed by atoms with van der Waals surface area (Å²) in [4.78, 5) is 12.0. The summed E-state index contributed by atoms with van der Waals surface area (Å²) >= 11 is 0. The van der Waals surface area contributed by atoms with Gasteiger partial charge in [-0.1, -0.05) is 6.07 Å². The molecule has 0 amide bonds. The third-order valence-corrected chi connectivity index (χ3v) is 2.73. The molecule has 0 spiro atoms. The molecule has 0 bridgehead atoms. The predicted octanol–water partition coefficient (Wildman–Crippen LogP) is 1.03. The summed E-state index contributed by atoms with van der Waals surface area (Å²) in [5.74, 6) is -0.719. The maximum Gasteiger partial charge on any atom is 0.333 e. The molecule has 0 fully saturated rings. The number of aromatic nitrogens is 1. The largest absolute Gasteiger partial charge is 0.464 e. The van der Waals surface area contributed by atoms with Gasteiger partial charge in [-0.05, 0) is 25.1 Å². The van der Waals surface area contributed by atoms with Crippen LogP contribution in [0, 0.1) is 5.41 Å². The number of rotatable bonds is 4. The van der Waals surface area contributed by atoms with Crippen LogP contribution in [0.1, 0.15) is 18.5 Å². The van der Waals surface area contributed by atoms with E-state index in [1.807, 2.05) is 41.1 Å². The van der Waals surface area contributed by atoms with Gasteiger partial charge in [0.2, 0.25) is 0 Å². The number of nitrogens with two attached hydrogens (primary N) is 1. The Bertz CT molecular complexity index is 605. The van der Waals surface area contributed by atoms with E-state index in [9.17, 15) is 4.79 Å². The molecule has 1 unspecified atom stereocenters. The van der Waals surface area contributed by atoms with Crippen LogP contribution in [0.3, 0.4) is 0 Å². The van der Waals surface area contributed by atoms with Crippen LogP contribution in [0.25, 0.3) is 5.52 Å². The Kier molecular flexibility index (Phi) is 3.70. The summed E-state index contributed by atoms with van der Waals surface area (Å²) in [5.41, 5.74) is 6.94. The first kappa shape index (κ1) is 12.9. The van der Waals surface area contributed by atoms with E-state index in [2.05, 4.69) is 5.32 Å². The van der Waals surface area contributed by atoms with Crippen molar-refractivity contribution >= 4 is 17.4 Å². The Morgan fingerprint density at radius 2 is 2.26 bits per heavy atom. The molecule has 0 aromatic carbocycles. The fourth-order valence-electron chi connectivity index (χ4n) is 1.97. The van der Waals surface area contributed by atoms with Crippen LogP contribution in [0.5, 0.6) is 0 Å². The van der Waals surface area contributed by atoms with Crippen LogP contribution in [-0.4, -0.2) is 22.9 Å². The lowest BCUT2D eigenvalue weighted by molar-refractivity contribution is -0.145. The molecule has 1 atom stereocenters. The number of nitrogens with one attached hydrogen (secondary N) is 2. The van der Waals surface area contributed by atoms with Crippen molar-refractivity contribution in [2.24, 2.45) is 5.73 Å². The molecule has 4 N–H and O–H groups in total. The average molecular weight is 260 g/mol. The Morgan fingerprint density at radius 1 is 1.47 bits per heavy atom. The highest BCUT2D eigenvalue weighted by Gasteiger charge is 2.24. The molecule has 2 heterocycles. The van der Waals surface area contributed by atoms with Crippen molar-refractivity contribution in [3.63, 3.8) is 0 Å². The average Bonchev–Trinajstić information content (AvgIpc) is 2.79. The fourth-order valence-corrected chi connectivity index (χ4v) is 1.97. The van der Waals surface area contributed by atoms with Crippen LogP contribution < -0.4 is 11.1 Å². The molecule has 0 aliphatic heterocycles. The fraction of sp³-hybridized carbons (Fsp3) is 0.231. The van der Waals surface area contributed by atoms with Crippen LogP contribution in [0.4, 0.5) is 0 Å². The number of esters is 1. The van der Waals surface area contributed by atoms with Crippen molar-refractivity contribution in [3.8, 4) is 0 Å². The van der Waals surface area contributed by atoms with E-state index < -0.39 is 12.0 Å². The Hall–Kier alpha value is -2.50. The molecule has 0 aliphatic rings. The number of nitrogens with zero attached hydrogens (tertiary/aromatic N) is 1. The smallest absolute Gasteiger partial charge is 0.333 e. The van der Waals surface area contributed by atoms with Crippen molar-refractivity contribution in [1.29, 1.82) is 5.41 Å². The van der Waals surface area contributed by atoms with Crippen LogP contribution in [0.15, 0.2) is 36.7 Å². The minimum Gasteiger partial charge on any atom is -0.464 e. The zero-order valence-corrected chi connectivity index (χ0v) is 10.6. The molecule has 2 aromatic rings. The lowest BCUT2D eigenvalue weighted by atomic mass is 10.1. The van der Waals surface area contributed by atoms with Crippen molar-refractivity contribution in [2.75, 3.05) is 6.61 Å². The van der Waals surface area contributed by atoms with Gasteiger partial charge in [-0.25, -0.2) is 4.79 Å². The van der Waals surface area contributed by atoms with Crippen molar-refractivity contribution in [2.45, 2.75) is 13.0 Å². The van der Waals surface area contributed by atoms with Gasteiger partial charge in [-0.3, -0.25) is 5.41 Å². The van der Waals surface area contributed by atoms with Gasteiger partial charge in [-0.15, -0.1) is 0 Å². The van der Waals surface area contributed by atoms with Gasteiger partial charge >= 0.3 is 5.97 Å². The molecule has 0 saturated heterocycles. The number of hydrogen-bond donors (Lipinski definition) is 3. The van der Waals surface area contributed by atoms with Crippen molar-refractivity contribution in [3.05, 3.63) is 42.2 Å². The van der Waals surface area contributed by atoms with E-state index in [0.29, 0.717) is 0 Å². The van der Waals surface area contributed by atoms with Gasteiger partial charge in [0, 0.05) is 18.0 Å². The quantitative estimate of drug-likeness (QED) is 0.435. The molecule has 2 rings (SSSR count). The highest BCUT2D eigenvalue weighted by atomic mass is 16.5. The normalized spacial score (nSPS) is 12.1. The van der Waals surface area contributed by atoms with Crippen LogP contribution in [0.2, 0.25) is 0 Å². The minimum absolute atomic E-state index is 0.270. The molecule has 100 valence electrons. The number of pyridine rings is 1. The zero-order chi connectivity index (χ0) is 13.8. The number of fused-ring (bicyclic) bond motifs is 1. The monoisotopic (exact) mass is 260 g/mol. The maximum absolute atomic E-state index is 12.0. The first-order valence-corrected chi connectivity index (χ1v) is 5.96. The standard InChI is InChI=1S/C13H16N4O2/c1-2-19-12(18)11(16-13(14)15)9-6-8-17-7-4-3-5-10(9)17/h3-8,11H,2H2,1H3,(H4,14,15,16). The Labute approximate surface area is 110 Å². The molecule has 6 nitrogen and oxygen atoms in total. The van der Waals surface area contributed by atoms with Crippen LogP contribution >= 0.6 is 0 Å². The van der Waals surface area contributed by atoms with E-state index in [0.717, 1.165) is 11.1 Å². The molecule has 0 radical (unpaired) electrons. The number of carbonyl (C=O) groups excluding carboxylic acids is 1. The second-order valence-electron chi connectivity index (χ2n) is 4.01. The predicted molar refractivity (Wildman–Crippen MR) is 71.8 cm³/mol. The first-order valence-electron chi connectivity index (χ1n) is 5.96. The molecule has 0 aliphatic carbocycles. The van der Waals surface area contributed by atoms with Gasteiger partial charge < -0.3 is 20.2 Å². The highest BCUT2D eigenvalue weighted by molar-refractivity contribution is 5.87. The molecule has 0 saturated carbocycles. The highest BCUT2D eigenvalue weighted by Crippen LogP contribution is 2.21. The van der Waals surface area contributed by atoms with Crippen LogP contribution in [-0.2, 0) is 9.53 Å². The summed E-state index contributed by atoms with van der Waals surface area (Å²) in [7, 11) is 0. The van der Waals surface area contributed by atoms with E-state index in [4.69, 9.17) is 15.9 Å². The zero-order valence-electron chi connectivity index (χ0n) is 10.6. The number of carbonyl (C=O) groups is 1. The third-order valence-electron chi connectivity index (χ3n) is 2.73. The van der Waals surface area contributed by atoms with Crippen molar-refractivity contribution < 1.29 is 9.53 Å². The molecule has 6 heteroatoms.